The van der Waals surface area contributed by atoms with E-state index < -0.39 is 33.4 Å². The number of imidazole rings is 1. The van der Waals surface area contributed by atoms with Crippen molar-refractivity contribution in [3.8, 4) is 28.4 Å². The van der Waals surface area contributed by atoms with Gasteiger partial charge in [0, 0.05) is 30.5 Å². The van der Waals surface area contributed by atoms with Gasteiger partial charge in [-0.15, -0.1) is 0 Å². The van der Waals surface area contributed by atoms with Crippen LogP contribution in [0.2, 0.25) is 0 Å². The van der Waals surface area contributed by atoms with Crippen molar-refractivity contribution >= 4 is 21.8 Å². The largest absolute Gasteiger partial charge is 0.505 e. The predicted molar refractivity (Wildman–Crippen MR) is 130 cm³/mol. The Hall–Kier alpha value is -4.36. The molecule has 0 radical (unpaired) electrons. The number of aromatic nitrogens is 4. The van der Waals surface area contributed by atoms with Crippen molar-refractivity contribution in [2.45, 2.75) is 17.9 Å². The van der Waals surface area contributed by atoms with Crippen LogP contribution in [0.4, 0.5) is 14.7 Å². The highest BCUT2D eigenvalue weighted by Crippen LogP contribution is 2.34. The summed E-state index contributed by atoms with van der Waals surface area (Å²) in [6, 6.07) is 9.62. The van der Waals surface area contributed by atoms with Crippen LogP contribution < -0.4 is 10.0 Å². The first-order chi connectivity index (χ1) is 17.7. The first kappa shape index (κ1) is 24.3. The Balaban J connectivity index is 1.38. The summed E-state index contributed by atoms with van der Waals surface area (Å²) in [6.45, 7) is 1.75. The van der Waals surface area contributed by atoms with E-state index in [-0.39, 0.29) is 23.2 Å². The molecule has 0 aliphatic carbocycles. The average molecular weight is 527 g/mol. The van der Waals surface area contributed by atoms with Gasteiger partial charge in [0.25, 0.3) is 0 Å². The van der Waals surface area contributed by atoms with Crippen LogP contribution in [0.5, 0.6) is 5.75 Å². The standard InChI is InChI=1S/C24H20F2N6O4S/c1-14(13-28-37(34,35)17-5-3-16(25)4-6-17)29-23-27-9-8-19(30-23)22-21(31-24-32(22)10-11-36-24)15-2-7-18(26)20(33)12-15/h2-12,14,28,33H,13H2,1H3,(H,27,29,30). The second-order valence-corrected chi connectivity index (χ2v) is 9.91. The Morgan fingerprint density at radius 3 is 2.65 bits per heavy atom. The minimum Gasteiger partial charge on any atom is -0.505 e. The number of hydrogen-bond acceptors (Lipinski definition) is 8. The van der Waals surface area contributed by atoms with Gasteiger partial charge in [0.1, 0.15) is 23.5 Å². The fraction of sp³-hybridized carbons (Fsp3) is 0.125. The first-order valence-corrected chi connectivity index (χ1v) is 12.5. The number of anilines is 1. The summed E-state index contributed by atoms with van der Waals surface area (Å²) in [5, 5.41) is 12.9. The third-order valence-corrected chi connectivity index (χ3v) is 6.90. The maximum Gasteiger partial charge on any atom is 0.306 e. The van der Waals surface area contributed by atoms with E-state index in [1.165, 1.54) is 36.7 Å². The zero-order chi connectivity index (χ0) is 26.2. The third-order valence-electron chi connectivity index (χ3n) is 5.46. The second-order valence-electron chi connectivity index (χ2n) is 8.15. The molecule has 13 heteroatoms. The Bertz CT molecular complexity index is 1690. The Morgan fingerprint density at radius 2 is 1.89 bits per heavy atom. The van der Waals surface area contributed by atoms with Gasteiger partial charge in [-0.25, -0.2) is 31.9 Å². The van der Waals surface area contributed by atoms with Gasteiger partial charge in [0.15, 0.2) is 11.6 Å². The van der Waals surface area contributed by atoms with E-state index in [1.54, 1.807) is 23.6 Å². The van der Waals surface area contributed by atoms with Crippen molar-refractivity contribution in [2.75, 3.05) is 11.9 Å². The summed E-state index contributed by atoms with van der Waals surface area (Å²) < 4.78 is 61.2. The van der Waals surface area contributed by atoms with Crippen molar-refractivity contribution in [1.82, 2.24) is 24.1 Å². The molecule has 0 saturated carbocycles. The summed E-state index contributed by atoms with van der Waals surface area (Å²) in [5.74, 6) is -1.32. The molecule has 5 rings (SSSR count). The maximum atomic E-state index is 13.6. The normalized spacial score (nSPS) is 12.6. The fourth-order valence-electron chi connectivity index (χ4n) is 3.66. The number of oxazole rings is 1. The van der Waals surface area contributed by atoms with Crippen LogP contribution in [0, 0.1) is 11.6 Å². The van der Waals surface area contributed by atoms with Crippen molar-refractivity contribution in [2.24, 2.45) is 0 Å². The zero-order valence-electron chi connectivity index (χ0n) is 19.3. The molecule has 0 bridgehead atoms. The Kier molecular flexibility index (Phi) is 6.31. The van der Waals surface area contributed by atoms with Crippen molar-refractivity contribution < 1.29 is 26.7 Å². The smallest absolute Gasteiger partial charge is 0.306 e. The number of rotatable bonds is 8. The zero-order valence-corrected chi connectivity index (χ0v) is 20.1. The van der Waals surface area contributed by atoms with E-state index >= 15 is 0 Å². The van der Waals surface area contributed by atoms with Gasteiger partial charge < -0.3 is 14.8 Å². The second kappa shape index (κ2) is 9.59. The molecule has 1 unspecified atom stereocenters. The Labute approximate surface area is 209 Å². The molecule has 1 atom stereocenters. The number of sulfonamides is 1. The van der Waals surface area contributed by atoms with Gasteiger partial charge in [0.2, 0.25) is 16.0 Å². The quantitative estimate of drug-likeness (QED) is 0.278. The first-order valence-electron chi connectivity index (χ1n) is 11.0. The van der Waals surface area contributed by atoms with Crippen molar-refractivity contribution in [1.29, 1.82) is 0 Å². The topological polar surface area (TPSA) is 135 Å². The third kappa shape index (κ3) is 4.99. The molecule has 0 aliphatic heterocycles. The molecule has 0 aliphatic rings. The van der Waals surface area contributed by atoms with Gasteiger partial charge in [-0.3, -0.25) is 4.40 Å². The lowest BCUT2D eigenvalue weighted by Crippen LogP contribution is -2.35. The SMILES string of the molecule is CC(CNS(=O)(=O)c1ccc(F)cc1)Nc1nccc(-c2c(-c3ccc(F)c(O)c3)nc3occn23)n1. The molecule has 190 valence electrons. The van der Waals surface area contributed by atoms with Crippen LogP contribution in [0.15, 0.2) is 76.5 Å². The van der Waals surface area contributed by atoms with Crippen LogP contribution >= 0.6 is 0 Å². The number of hydrogen-bond donors (Lipinski definition) is 3. The Morgan fingerprint density at radius 1 is 1.11 bits per heavy atom. The summed E-state index contributed by atoms with van der Waals surface area (Å²) in [5.41, 5.74) is 1.82. The molecule has 37 heavy (non-hydrogen) atoms. The van der Waals surface area contributed by atoms with E-state index in [2.05, 4.69) is 25.0 Å². The number of benzene rings is 2. The molecular formula is C24H20F2N6O4S. The van der Waals surface area contributed by atoms with Crippen molar-refractivity contribution in [3.63, 3.8) is 0 Å². The van der Waals surface area contributed by atoms with E-state index in [0.29, 0.717) is 22.6 Å². The lowest BCUT2D eigenvalue weighted by atomic mass is 10.1. The highest BCUT2D eigenvalue weighted by atomic mass is 32.2. The van der Waals surface area contributed by atoms with Crippen LogP contribution in [-0.4, -0.2) is 45.5 Å². The number of nitrogens with zero attached hydrogens (tertiary/aromatic N) is 4. The highest BCUT2D eigenvalue weighted by molar-refractivity contribution is 7.89. The number of fused-ring (bicyclic) bond motifs is 1. The molecule has 0 saturated heterocycles. The van der Waals surface area contributed by atoms with E-state index in [0.717, 1.165) is 18.2 Å². The number of nitrogens with one attached hydrogen (secondary N) is 2. The van der Waals surface area contributed by atoms with E-state index in [4.69, 9.17) is 4.42 Å². The van der Waals surface area contributed by atoms with Gasteiger partial charge in [-0.1, -0.05) is 0 Å². The average Bonchev–Trinajstić information content (AvgIpc) is 3.47. The number of phenols is 1. The van der Waals surface area contributed by atoms with Crippen LogP contribution in [0.25, 0.3) is 28.5 Å². The monoisotopic (exact) mass is 526 g/mol. The molecule has 3 heterocycles. The molecule has 0 amide bonds. The van der Waals surface area contributed by atoms with Gasteiger partial charge in [-0.2, -0.15) is 4.98 Å². The fourth-order valence-corrected chi connectivity index (χ4v) is 4.79. The van der Waals surface area contributed by atoms with E-state index in [9.17, 15) is 22.3 Å². The predicted octanol–water partition coefficient (Wildman–Crippen LogP) is 3.81. The van der Waals surface area contributed by atoms with Gasteiger partial charge >= 0.3 is 5.84 Å². The number of aromatic hydroxyl groups is 1. The van der Waals surface area contributed by atoms with Crippen LogP contribution in [-0.2, 0) is 10.0 Å². The van der Waals surface area contributed by atoms with E-state index in [1.807, 2.05) is 0 Å². The highest BCUT2D eigenvalue weighted by Gasteiger charge is 2.21. The molecule has 5 aromatic rings. The summed E-state index contributed by atoms with van der Waals surface area (Å²) in [6.07, 6.45) is 4.62. The lowest BCUT2D eigenvalue weighted by molar-refractivity contribution is 0.432. The molecule has 10 nitrogen and oxygen atoms in total. The van der Waals surface area contributed by atoms with Gasteiger partial charge in [0.05, 0.1) is 10.6 Å². The molecular weight excluding hydrogens is 506 g/mol. The summed E-state index contributed by atoms with van der Waals surface area (Å²) in [7, 11) is -3.84. The van der Waals surface area contributed by atoms with Crippen LogP contribution in [0.1, 0.15) is 6.92 Å². The number of halogens is 2. The maximum absolute atomic E-state index is 13.6. The molecule has 3 N–H and O–H groups in total. The summed E-state index contributed by atoms with van der Waals surface area (Å²) in [4.78, 5) is 13.2. The minimum atomic E-state index is -3.84. The summed E-state index contributed by atoms with van der Waals surface area (Å²) >= 11 is 0. The minimum absolute atomic E-state index is 0.00601. The van der Waals surface area contributed by atoms with Crippen LogP contribution in [0.3, 0.4) is 0 Å². The molecule has 3 aromatic heterocycles. The van der Waals surface area contributed by atoms with Gasteiger partial charge in [-0.05, 0) is 55.5 Å². The molecule has 0 spiro atoms. The van der Waals surface area contributed by atoms with Crippen molar-refractivity contribution in [3.05, 3.63) is 78.8 Å². The molecule has 2 aromatic carbocycles. The lowest BCUT2D eigenvalue weighted by Gasteiger charge is -2.15. The molecule has 0 fully saturated rings. The number of phenolic OH excluding ortho intramolecular Hbond substituents is 1.